The molecule has 0 fully saturated rings. The Morgan fingerprint density at radius 2 is 1.86 bits per heavy atom. The third-order valence-corrected chi connectivity index (χ3v) is 2.79. The monoisotopic (exact) mass is 291 g/mol. The van der Waals surface area contributed by atoms with Crippen LogP contribution in [0.3, 0.4) is 0 Å². The van der Waals surface area contributed by atoms with Gasteiger partial charge in [0.2, 0.25) is 5.75 Å². The van der Waals surface area contributed by atoms with Crippen molar-refractivity contribution in [2.75, 3.05) is 0 Å². The molecule has 6 nitrogen and oxygen atoms in total. The Bertz CT molecular complexity index is 729. The normalized spacial score (nSPS) is 10.2. The maximum Gasteiger partial charge on any atom is 0.342 e. The second-order valence-electron chi connectivity index (χ2n) is 4.20. The number of nitrogens with zero attached hydrogens (tertiary/aromatic N) is 1. The molecular weight excluding hydrogens is 281 g/mol. The lowest BCUT2D eigenvalue weighted by molar-refractivity contribution is -0.386. The smallest absolute Gasteiger partial charge is 0.342 e. The van der Waals surface area contributed by atoms with Crippen molar-refractivity contribution in [2.45, 2.75) is 6.92 Å². The van der Waals surface area contributed by atoms with Crippen LogP contribution in [0.4, 0.5) is 10.1 Å². The first-order chi connectivity index (χ1) is 9.91. The fourth-order valence-corrected chi connectivity index (χ4v) is 1.78. The summed E-state index contributed by atoms with van der Waals surface area (Å²) in [5.41, 5.74) is -0.930. The van der Waals surface area contributed by atoms with Crippen molar-refractivity contribution in [1.82, 2.24) is 0 Å². The average molecular weight is 291 g/mol. The quantitative estimate of drug-likeness (QED) is 0.687. The molecule has 2 rings (SSSR count). The predicted molar refractivity (Wildman–Crippen MR) is 71.3 cm³/mol. The summed E-state index contributed by atoms with van der Waals surface area (Å²) in [4.78, 5) is 21.2. The van der Waals surface area contributed by atoms with Gasteiger partial charge in [-0.3, -0.25) is 10.1 Å². The summed E-state index contributed by atoms with van der Waals surface area (Å²) in [6.45, 7) is 1.52. The average Bonchev–Trinajstić information content (AvgIpc) is 2.43. The highest BCUT2D eigenvalue weighted by molar-refractivity contribution is 5.93. The molecule has 7 heteroatoms. The molecule has 0 aliphatic heterocycles. The molecule has 0 amide bonds. The van der Waals surface area contributed by atoms with Gasteiger partial charge < -0.3 is 9.84 Å². The third-order valence-electron chi connectivity index (χ3n) is 2.79. The van der Waals surface area contributed by atoms with Crippen LogP contribution in [-0.4, -0.2) is 16.0 Å². The number of carboxylic acids is 1. The zero-order valence-corrected chi connectivity index (χ0v) is 10.9. The molecule has 0 unspecified atom stereocenters. The van der Waals surface area contributed by atoms with Crippen molar-refractivity contribution in [3.8, 4) is 11.5 Å². The summed E-state index contributed by atoms with van der Waals surface area (Å²) in [6, 6.07) is 7.94. The number of aromatic carboxylic acids is 1. The van der Waals surface area contributed by atoms with Gasteiger partial charge in [0, 0.05) is 0 Å². The van der Waals surface area contributed by atoms with E-state index in [1.807, 2.05) is 0 Å². The zero-order chi connectivity index (χ0) is 15.6. The number of hydrogen-bond acceptors (Lipinski definition) is 4. The maximum absolute atomic E-state index is 13.9. The van der Waals surface area contributed by atoms with Crippen LogP contribution in [0.25, 0.3) is 0 Å². The number of aryl methyl sites for hydroxylation is 1. The van der Waals surface area contributed by atoms with Crippen LogP contribution in [0, 0.1) is 22.9 Å². The van der Waals surface area contributed by atoms with E-state index in [4.69, 9.17) is 9.84 Å². The summed E-state index contributed by atoms with van der Waals surface area (Å²) in [5.74, 6) is -2.66. The molecule has 0 aromatic heterocycles. The number of benzene rings is 2. The van der Waals surface area contributed by atoms with E-state index < -0.39 is 28.0 Å². The molecular formula is C14H10FNO5. The molecule has 108 valence electrons. The van der Waals surface area contributed by atoms with E-state index >= 15 is 0 Å². The van der Waals surface area contributed by atoms with E-state index in [0.717, 1.165) is 6.07 Å². The standard InChI is InChI=1S/C14H10FNO5/c1-8-4-2-6-10(12(8)15)21-11-7-3-5-9(14(17)18)13(11)16(19)20/h2-7H,1H3,(H,17,18). The summed E-state index contributed by atoms with van der Waals surface area (Å²) in [6.07, 6.45) is 0. The summed E-state index contributed by atoms with van der Waals surface area (Å²) < 4.78 is 19.1. The molecule has 0 spiro atoms. The Morgan fingerprint density at radius 3 is 2.48 bits per heavy atom. The predicted octanol–water partition coefficient (Wildman–Crippen LogP) is 3.53. The van der Waals surface area contributed by atoms with Crippen LogP contribution in [0.2, 0.25) is 0 Å². The first-order valence-corrected chi connectivity index (χ1v) is 5.85. The summed E-state index contributed by atoms with van der Waals surface area (Å²) in [5, 5.41) is 20.0. The van der Waals surface area contributed by atoms with Crippen LogP contribution in [0.15, 0.2) is 36.4 Å². The highest BCUT2D eigenvalue weighted by atomic mass is 19.1. The fourth-order valence-electron chi connectivity index (χ4n) is 1.78. The minimum absolute atomic E-state index is 0.208. The van der Waals surface area contributed by atoms with Gasteiger partial charge in [0.15, 0.2) is 11.6 Å². The van der Waals surface area contributed by atoms with Gasteiger partial charge in [-0.15, -0.1) is 0 Å². The minimum Gasteiger partial charge on any atom is -0.477 e. The first kappa shape index (κ1) is 14.4. The third kappa shape index (κ3) is 2.81. The molecule has 1 N–H and O–H groups in total. The Balaban J connectivity index is 2.54. The Kier molecular flexibility index (Phi) is 3.84. The lowest BCUT2D eigenvalue weighted by atomic mass is 10.1. The molecule has 0 bridgehead atoms. The molecule has 2 aromatic rings. The highest BCUT2D eigenvalue weighted by Crippen LogP contribution is 2.35. The lowest BCUT2D eigenvalue weighted by Crippen LogP contribution is -2.04. The Labute approximate surface area is 118 Å². The van der Waals surface area contributed by atoms with Crippen molar-refractivity contribution in [2.24, 2.45) is 0 Å². The Hall–Kier alpha value is -2.96. The van der Waals surface area contributed by atoms with Crippen LogP contribution >= 0.6 is 0 Å². The zero-order valence-electron chi connectivity index (χ0n) is 10.9. The summed E-state index contributed by atoms with van der Waals surface area (Å²) in [7, 11) is 0. The first-order valence-electron chi connectivity index (χ1n) is 5.85. The maximum atomic E-state index is 13.9. The van der Waals surface area contributed by atoms with Gasteiger partial charge in [0.25, 0.3) is 0 Å². The topological polar surface area (TPSA) is 89.7 Å². The van der Waals surface area contributed by atoms with E-state index in [0.29, 0.717) is 5.56 Å². The molecule has 2 aromatic carbocycles. The van der Waals surface area contributed by atoms with Gasteiger partial charge in [-0.1, -0.05) is 18.2 Å². The van der Waals surface area contributed by atoms with Gasteiger partial charge in [0.1, 0.15) is 5.56 Å². The number of para-hydroxylation sites is 1. The van der Waals surface area contributed by atoms with Gasteiger partial charge in [0.05, 0.1) is 4.92 Å². The molecule has 0 heterocycles. The molecule has 0 atom stereocenters. The van der Waals surface area contributed by atoms with Gasteiger partial charge >= 0.3 is 11.7 Å². The van der Waals surface area contributed by atoms with E-state index in [1.165, 1.54) is 37.3 Å². The number of carbonyl (C=O) groups is 1. The van der Waals surface area contributed by atoms with Crippen molar-refractivity contribution >= 4 is 11.7 Å². The Morgan fingerprint density at radius 1 is 1.24 bits per heavy atom. The number of nitro groups is 1. The van der Waals surface area contributed by atoms with Gasteiger partial charge in [-0.25, -0.2) is 9.18 Å². The molecule has 0 saturated carbocycles. The SMILES string of the molecule is Cc1cccc(Oc2cccc(C(=O)O)c2[N+](=O)[O-])c1F. The van der Waals surface area contributed by atoms with Gasteiger partial charge in [-0.2, -0.15) is 0 Å². The molecule has 0 saturated heterocycles. The number of carboxylic acid groups (broad SMARTS) is 1. The van der Waals surface area contributed by atoms with Gasteiger partial charge in [-0.05, 0) is 30.7 Å². The van der Waals surface area contributed by atoms with Crippen molar-refractivity contribution in [1.29, 1.82) is 0 Å². The van der Waals surface area contributed by atoms with Crippen LogP contribution < -0.4 is 4.74 Å². The van der Waals surface area contributed by atoms with E-state index in [1.54, 1.807) is 0 Å². The van der Waals surface area contributed by atoms with E-state index in [-0.39, 0.29) is 11.5 Å². The van der Waals surface area contributed by atoms with E-state index in [2.05, 4.69) is 0 Å². The second kappa shape index (κ2) is 5.58. The van der Waals surface area contributed by atoms with Crippen LogP contribution in [-0.2, 0) is 0 Å². The second-order valence-corrected chi connectivity index (χ2v) is 4.20. The number of hydrogen-bond donors (Lipinski definition) is 1. The highest BCUT2D eigenvalue weighted by Gasteiger charge is 2.26. The van der Waals surface area contributed by atoms with Crippen molar-refractivity contribution in [3.63, 3.8) is 0 Å². The molecule has 0 aliphatic carbocycles. The minimum atomic E-state index is -1.46. The number of rotatable bonds is 4. The number of nitro benzene ring substituents is 1. The largest absolute Gasteiger partial charge is 0.477 e. The molecule has 0 radical (unpaired) electrons. The number of ether oxygens (including phenoxy) is 1. The molecule has 0 aliphatic rings. The van der Waals surface area contributed by atoms with Crippen LogP contribution in [0.1, 0.15) is 15.9 Å². The van der Waals surface area contributed by atoms with E-state index in [9.17, 15) is 19.3 Å². The number of halogens is 1. The van der Waals surface area contributed by atoms with Crippen LogP contribution in [0.5, 0.6) is 11.5 Å². The lowest BCUT2D eigenvalue weighted by Gasteiger charge is -2.09. The van der Waals surface area contributed by atoms with Crippen molar-refractivity contribution < 1.29 is 24.0 Å². The summed E-state index contributed by atoms with van der Waals surface area (Å²) >= 11 is 0. The fraction of sp³-hybridized carbons (Fsp3) is 0.0714. The van der Waals surface area contributed by atoms with Crippen molar-refractivity contribution in [3.05, 3.63) is 63.5 Å². The molecule has 21 heavy (non-hydrogen) atoms.